The minimum absolute atomic E-state index is 0.345. The van der Waals surface area contributed by atoms with Crippen LogP contribution in [0.4, 0.5) is 0 Å². The molecule has 0 bridgehead atoms. The standard InChI is InChI=1S/C12H16N4O2/c1-3-18-12(17)11-8-16(9-13-11)7-5-10-4-6-15(2)14-10/h4,6,8-9H,3,5,7H2,1-2H3. The van der Waals surface area contributed by atoms with Gasteiger partial charge in [-0.15, -0.1) is 0 Å². The molecule has 2 aromatic heterocycles. The Kier molecular flexibility index (Phi) is 3.76. The van der Waals surface area contributed by atoms with Gasteiger partial charge in [-0.3, -0.25) is 4.68 Å². The van der Waals surface area contributed by atoms with Crippen molar-refractivity contribution in [1.82, 2.24) is 19.3 Å². The fraction of sp³-hybridized carbons (Fsp3) is 0.417. The van der Waals surface area contributed by atoms with Gasteiger partial charge in [0.2, 0.25) is 0 Å². The molecule has 18 heavy (non-hydrogen) atoms. The van der Waals surface area contributed by atoms with E-state index in [4.69, 9.17) is 4.74 Å². The van der Waals surface area contributed by atoms with Crippen LogP contribution in [0, 0.1) is 0 Å². The molecule has 0 amide bonds. The number of nitrogens with zero attached hydrogens (tertiary/aromatic N) is 4. The van der Waals surface area contributed by atoms with E-state index in [1.54, 1.807) is 24.1 Å². The minimum Gasteiger partial charge on any atom is -0.461 e. The lowest BCUT2D eigenvalue weighted by molar-refractivity contribution is 0.0520. The molecule has 2 rings (SSSR count). The normalized spacial score (nSPS) is 10.6. The second-order valence-corrected chi connectivity index (χ2v) is 3.95. The van der Waals surface area contributed by atoms with Gasteiger partial charge in [0, 0.05) is 32.4 Å². The first-order valence-corrected chi connectivity index (χ1v) is 5.86. The number of aromatic nitrogens is 4. The van der Waals surface area contributed by atoms with Gasteiger partial charge in [-0.25, -0.2) is 9.78 Å². The van der Waals surface area contributed by atoms with Crippen molar-refractivity contribution < 1.29 is 9.53 Å². The van der Waals surface area contributed by atoms with Crippen molar-refractivity contribution in [2.24, 2.45) is 7.05 Å². The van der Waals surface area contributed by atoms with Gasteiger partial charge >= 0.3 is 5.97 Å². The van der Waals surface area contributed by atoms with Crippen LogP contribution in [-0.2, 0) is 24.8 Å². The van der Waals surface area contributed by atoms with Gasteiger partial charge in [0.1, 0.15) is 0 Å². The molecule has 0 atom stereocenters. The smallest absolute Gasteiger partial charge is 0.358 e. The van der Waals surface area contributed by atoms with Crippen LogP contribution in [0.3, 0.4) is 0 Å². The van der Waals surface area contributed by atoms with Crippen LogP contribution < -0.4 is 0 Å². The number of hydrogen-bond acceptors (Lipinski definition) is 4. The Morgan fingerprint density at radius 1 is 1.50 bits per heavy atom. The van der Waals surface area contributed by atoms with Gasteiger partial charge in [-0.1, -0.05) is 0 Å². The SMILES string of the molecule is CCOC(=O)c1cn(CCc2ccn(C)n2)cn1. The summed E-state index contributed by atoms with van der Waals surface area (Å²) in [5.74, 6) is -0.380. The first kappa shape index (κ1) is 12.3. The topological polar surface area (TPSA) is 61.9 Å². The summed E-state index contributed by atoms with van der Waals surface area (Å²) in [5.41, 5.74) is 1.36. The summed E-state index contributed by atoms with van der Waals surface area (Å²) in [6.07, 6.45) is 6.04. The van der Waals surface area contributed by atoms with E-state index in [9.17, 15) is 4.79 Å². The molecular formula is C12H16N4O2. The van der Waals surface area contributed by atoms with Crippen LogP contribution in [0.15, 0.2) is 24.8 Å². The van der Waals surface area contributed by atoms with E-state index < -0.39 is 0 Å². The molecule has 2 aromatic rings. The van der Waals surface area contributed by atoms with E-state index in [0.29, 0.717) is 12.3 Å². The third-order valence-corrected chi connectivity index (χ3v) is 2.51. The van der Waals surface area contributed by atoms with Crippen molar-refractivity contribution in [3.8, 4) is 0 Å². The molecule has 0 aliphatic heterocycles. The molecule has 0 aromatic carbocycles. The Labute approximate surface area is 105 Å². The molecule has 0 fully saturated rings. The number of carbonyl (C=O) groups excluding carboxylic acids is 1. The quantitative estimate of drug-likeness (QED) is 0.742. The lowest BCUT2D eigenvalue weighted by atomic mass is 10.3. The molecule has 96 valence electrons. The van der Waals surface area contributed by atoms with Gasteiger partial charge in [-0.2, -0.15) is 5.10 Å². The molecule has 0 spiro atoms. The van der Waals surface area contributed by atoms with Crippen LogP contribution >= 0.6 is 0 Å². The molecule has 0 aliphatic carbocycles. The number of imidazole rings is 1. The Balaban J connectivity index is 1.92. The minimum atomic E-state index is -0.380. The van der Waals surface area contributed by atoms with Crippen molar-refractivity contribution in [2.45, 2.75) is 19.9 Å². The molecule has 0 radical (unpaired) electrons. The highest BCUT2D eigenvalue weighted by Crippen LogP contribution is 2.02. The fourth-order valence-corrected chi connectivity index (χ4v) is 1.63. The third kappa shape index (κ3) is 2.97. The van der Waals surface area contributed by atoms with Gasteiger partial charge in [0.25, 0.3) is 0 Å². The number of rotatable bonds is 5. The number of aryl methyl sites for hydroxylation is 3. The largest absolute Gasteiger partial charge is 0.461 e. The summed E-state index contributed by atoms with van der Waals surface area (Å²) in [6.45, 7) is 2.87. The number of esters is 1. The van der Waals surface area contributed by atoms with Gasteiger partial charge in [0.05, 0.1) is 18.6 Å². The molecule has 0 unspecified atom stereocenters. The zero-order chi connectivity index (χ0) is 13.0. The lowest BCUT2D eigenvalue weighted by Crippen LogP contribution is -2.05. The molecular weight excluding hydrogens is 232 g/mol. The van der Waals surface area contributed by atoms with Crippen LogP contribution in [-0.4, -0.2) is 31.9 Å². The third-order valence-electron chi connectivity index (χ3n) is 2.51. The highest BCUT2D eigenvalue weighted by Gasteiger charge is 2.09. The predicted molar refractivity (Wildman–Crippen MR) is 65.1 cm³/mol. The first-order chi connectivity index (χ1) is 8.69. The average molecular weight is 248 g/mol. The van der Waals surface area contributed by atoms with Crippen LogP contribution in [0.5, 0.6) is 0 Å². The second kappa shape index (κ2) is 5.48. The molecule has 0 saturated carbocycles. The van der Waals surface area contributed by atoms with E-state index >= 15 is 0 Å². The maximum atomic E-state index is 11.4. The van der Waals surface area contributed by atoms with E-state index in [1.165, 1.54) is 0 Å². The first-order valence-electron chi connectivity index (χ1n) is 5.86. The van der Waals surface area contributed by atoms with Crippen molar-refractivity contribution in [3.05, 3.63) is 36.2 Å². The van der Waals surface area contributed by atoms with E-state index in [1.807, 2.05) is 23.9 Å². The van der Waals surface area contributed by atoms with Gasteiger partial charge in [0.15, 0.2) is 5.69 Å². The summed E-state index contributed by atoms with van der Waals surface area (Å²) >= 11 is 0. The summed E-state index contributed by atoms with van der Waals surface area (Å²) in [4.78, 5) is 15.4. The lowest BCUT2D eigenvalue weighted by Gasteiger charge is -1.99. The maximum Gasteiger partial charge on any atom is 0.358 e. The van der Waals surface area contributed by atoms with Gasteiger partial charge < -0.3 is 9.30 Å². The summed E-state index contributed by atoms with van der Waals surface area (Å²) in [5, 5.41) is 4.29. The summed E-state index contributed by atoms with van der Waals surface area (Å²) in [7, 11) is 1.89. The molecule has 0 N–H and O–H groups in total. The zero-order valence-corrected chi connectivity index (χ0v) is 10.5. The number of carbonyl (C=O) groups is 1. The predicted octanol–water partition coefficient (Wildman–Crippen LogP) is 1.04. The Morgan fingerprint density at radius 3 is 3.00 bits per heavy atom. The molecule has 6 nitrogen and oxygen atoms in total. The molecule has 6 heteroatoms. The van der Waals surface area contributed by atoms with E-state index in [-0.39, 0.29) is 5.97 Å². The van der Waals surface area contributed by atoms with Crippen molar-refractivity contribution in [3.63, 3.8) is 0 Å². The highest BCUT2D eigenvalue weighted by molar-refractivity contribution is 5.86. The van der Waals surface area contributed by atoms with Crippen LogP contribution in [0.25, 0.3) is 0 Å². The van der Waals surface area contributed by atoms with E-state index in [2.05, 4.69) is 10.1 Å². The highest BCUT2D eigenvalue weighted by atomic mass is 16.5. The van der Waals surface area contributed by atoms with E-state index in [0.717, 1.165) is 18.7 Å². The average Bonchev–Trinajstić information content (AvgIpc) is 2.95. The molecule has 2 heterocycles. The number of ether oxygens (including phenoxy) is 1. The van der Waals surface area contributed by atoms with Gasteiger partial charge in [-0.05, 0) is 13.0 Å². The van der Waals surface area contributed by atoms with Crippen molar-refractivity contribution >= 4 is 5.97 Å². The van der Waals surface area contributed by atoms with Crippen molar-refractivity contribution in [1.29, 1.82) is 0 Å². The summed E-state index contributed by atoms with van der Waals surface area (Å²) < 4.78 is 8.51. The Morgan fingerprint density at radius 2 is 2.33 bits per heavy atom. The fourth-order valence-electron chi connectivity index (χ4n) is 1.63. The second-order valence-electron chi connectivity index (χ2n) is 3.95. The summed E-state index contributed by atoms with van der Waals surface area (Å²) in [6, 6.07) is 1.98. The molecule has 0 saturated heterocycles. The Hall–Kier alpha value is -2.11. The van der Waals surface area contributed by atoms with Crippen LogP contribution in [0.1, 0.15) is 23.1 Å². The maximum absolute atomic E-state index is 11.4. The van der Waals surface area contributed by atoms with Crippen molar-refractivity contribution in [2.75, 3.05) is 6.61 Å². The molecule has 0 aliphatic rings. The Bertz CT molecular complexity index is 530. The number of hydrogen-bond donors (Lipinski definition) is 0. The zero-order valence-electron chi connectivity index (χ0n) is 10.5. The monoisotopic (exact) mass is 248 g/mol. The van der Waals surface area contributed by atoms with Crippen LogP contribution in [0.2, 0.25) is 0 Å².